The van der Waals surface area contributed by atoms with Crippen LogP contribution < -0.4 is 10.6 Å². The molecule has 34 heavy (non-hydrogen) atoms. The van der Waals surface area contributed by atoms with E-state index in [2.05, 4.69) is 15.6 Å². The van der Waals surface area contributed by atoms with E-state index < -0.39 is 29.7 Å². The summed E-state index contributed by atoms with van der Waals surface area (Å²) in [5.41, 5.74) is 0.374. The van der Waals surface area contributed by atoms with Crippen molar-refractivity contribution in [3.63, 3.8) is 0 Å². The smallest absolute Gasteiger partial charge is 0.264 e. The Hall–Kier alpha value is -3.99. The third kappa shape index (κ3) is 3.63. The first kappa shape index (κ1) is 21.8. The van der Waals surface area contributed by atoms with Gasteiger partial charge in [-0.05, 0) is 18.6 Å². The summed E-state index contributed by atoms with van der Waals surface area (Å²) < 4.78 is 0. The molecular formula is C23H18N4O6S. The number of carbonyl (C=O) groups is 6. The molecular weight excluding hydrogens is 460 g/mol. The first-order valence-corrected chi connectivity index (χ1v) is 11.5. The average Bonchev–Trinajstić information content (AvgIpc) is 3.42. The molecule has 3 heterocycles. The van der Waals surface area contributed by atoms with Crippen molar-refractivity contribution in [3.05, 3.63) is 57.7 Å². The third-order valence-corrected chi connectivity index (χ3v) is 7.04. The number of aromatic nitrogens is 1. The highest BCUT2D eigenvalue weighted by Gasteiger charge is 2.45. The lowest BCUT2D eigenvalue weighted by Gasteiger charge is -2.27. The molecule has 5 rings (SSSR count). The Bertz CT molecular complexity index is 1280. The zero-order chi connectivity index (χ0) is 24.0. The van der Waals surface area contributed by atoms with Crippen molar-refractivity contribution < 1.29 is 28.8 Å². The van der Waals surface area contributed by atoms with Gasteiger partial charge in [0.2, 0.25) is 11.8 Å². The maximum Gasteiger partial charge on any atom is 0.264 e. The van der Waals surface area contributed by atoms with Crippen LogP contribution in [0.25, 0.3) is 0 Å². The lowest BCUT2D eigenvalue weighted by molar-refractivity contribution is -0.136. The highest BCUT2D eigenvalue weighted by atomic mass is 32.1. The fraction of sp³-hybridized carbons (Fsp3) is 0.261. The van der Waals surface area contributed by atoms with Crippen LogP contribution >= 0.6 is 11.3 Å². The van der Waals surface area contributed by atoms with E-state index in [0.29, 0.717) is 0 Å². The van der Waals surface area contributed by atoms with Crippen LogP contribution in [0.4, 0.5) is 5.69 Å². The van der Waals surface area contributed by atoms with Crippen molar-refractivity contribution in [3.8, 4) is 0 Å². The van der Waals surface area contributed by atoms with Gasteiger partial charge < -0.3 is 5.32 Å². The van der Waals surface area contributed by atoms with Gasteiger partial charge in [0.15, 0.2) is 11.6 Å². The summed E-state index contributed by atoms with van der Waals surface area (Å²) in [6.07, 6.45) is 3.28. The molecule has 4 amide bonds. The van der Waals surface area contributed by atoms with Crippen LogP contribution in [0.1, 0.15) is 57.3 Å². The molecule has 1 unspecified atom stereocenters. The van der Waals surface area contributed by atoms with Gasteiger partial charge in [-0.3, -0.25) is 39.0 Å². The second-order valence-corrected chi connectivity index (χ2v) is 9.13. The van der Waals surface area contributed by atoms with Gasteiger partial charge in [-0.2, -0.15) is 0 Å². The number of imide groups is 2. The topological polar surface area (TPSA) is 143 Å². The first-order valence-electron chi connectivity index (χ1n) is 10.6. The summed E-state index contributed by atoms with van der Waals surface area (Å²) in [5, 5.41) is 7.54. The van der Waals surface area contributed by atoms with Gasteiger partial charge in [0.1, 0.15) is 6.04 Å². The number of amides is 4. The van der Waals surface area contributed by atoms with Crippen molar-refractivity contribution in [2.45, 2.75) is 37.6 Å². The van der Waals surface area contributed by atoms with Crippen LogP contribution in [0.5, 0.6) is 0 Å². The molecule has 10 nitrogen and oxygen atoms in total. The van der Waals surface area contributed by atoms with E-state index in [0.717, 1.165) is 9.91 Å². The molecule has 1 aliphatic carbocycles. The molecule has 3 aliphatic rings. The zero-order valence-electron chi connectivity index (χ0n) is 17.7. The van der Waals surface area contributed by atoms with Crippen LogP contribution in [0.15, 0.2) is 41.5 Å². The molecule has 1 saturated heterocycles. The fourth-order valence-corrected chi connectivity index (χ4v) is 5.19. The molecule has 0 radical (unpaired) electrons. The molecule has 0 bridgehead atoms. The van der Waals surface area contributed by atoms with Crippen LogP contribution in [-0.2, 0) is 19.2 Å². The number of fused-ring (bicyclic) bond motifs is 1. The quantitative estimate of drug-likeness (QED) is 0.383. The van der Waals surface area contributed by atoms with Gasteiger partial charge in [-0.25, -0.2) is 4.98 Å². The van der Waals surface area contributed by atoms with E-state index in [1.54, 1.807) is 23.7 Å². The Labute approximate surface area is 197 Å². The number of hydrogen-bond donors (Lipinski definition) is 2. The number of allylic oxidation sites excluding steroid dienone is 1. The number of nitrogens with one attached hydrogen (secondary N) is 2. The van der Waals surface area contributed by atoms with Crippen LogP contribution in [-0.4, -0.2) is 51.1 Å². The minimum Gasteiger partial charge on any atom is -0.360 e. The lowest BCUT2D eigenvalue weighted by atomic mass is 9.84. The number of rotatable bonds is 4. The van der Waals surface area contributed by atoms with Crippen molar-refractivity contribution in [1.29, 1.82) is 0 Å². The molecule has 2 fully saturated rings. The van der Waals surface area contributed by atoms with Crippen LogP contribution in [0.3, 0.4) is 0 Å². The summed E-state index contributed by atoms with van der Waals surface area (Å²) in [7, 11) is 0. The van der Waals surface area contributed by atoms with E-state index in [1.165, 1.54) is 23.6 Å². The maximum absolute atomic E-state index is 13.1. The van der Waals surface area contributed by atoms with Gasteiger partial charge in [0.05, 0.1) is 27.4 Å². The predicted molar refractivity (Wildman–Crippen MR) is 119 cm³/mol. The number of ketones is 2. The number of piperidine rings is 1. The molecule has 2 aliphatic heterocycles. The molecule has 1 atom stereocenters. The highest BCUT2D eigenvalue weighted by Crippen LogP contribution is 2.34. The minimum absolute atomic E-state index is 0.00999. The first-order chi connectivity index (χ1) is 16.3. The molecule has 1 saturated carbocycles. The van der Waals surface area contributed by atoms with E-state index in [4.69, 9.17) is 0 Å². The second-order valence-electron chi connectivity index (χ2n) is 8.20. The molecule has 1 aromatic carbocycles. The van der Waals surface area contributed by atoms with Crippen LogP contribution in [0, 0.1) is 0 Å². The van der Waals surface area contributed by atoms with Gasteiger partial charge in [-0.15, -0.1) is 11.3 Å². The number of hydrogen-bond acceptors (Lipinski definition) is 9. The van der Waals surface area contributed by atoms with E-state index >= 15 is 0 Å². The van der Waals surface area contributed by atoms with Gasteiger partial charge in [0, 0.05) is 43.0 Å². The van der Waals surface area contributed by atoms with Gasteiger partial charge in [0.25, 0.3) is 11.8 Å². The monoisotopic (exact) mass is 478 g/mol. The molecule has 172 valence electrons. The predicted octanol–water partition coefficient (Wildman–Crippen LogP) is 1.56. The van der Waals surface area contributed by atoms with Gasteiger partial charge in [-0.1, -0.05) is 6.07 Å². The molecule has 2 aromatic rings. The Kier molecular flexibility index (Phi) is 5.40. The third-order valence-electron chi connectivity index (χ3n) is 6.11. The second kappa shape index (κ2) is 8.41. The number of benzene rings is 1. The number of Topliss-reactive ketones (excluding diaryl/α,β-unsaturated/α-hetero) is 2. The molecule has 2 N–H and O–H groups in total. The summed E-state index contributed by atoms with van der Waals surface area (Å²) >= 11 is 1.40. The Morgan fingerprint density at radius 3 is 2.50 bits per heavy atom. The largest absolute Gasteiger partial charge is 0.360 e. The van der Waals surface area contributed by atoms with Crippen molar-refractivity contribution in [2.75, 3.05) is 5.32 Å². The number of thiazole rings is 1. The van der Waals surface area contributed by atoms with Gasteiger partial charge >= 0.3 is 0 Å². The fourth-order valence-electron chi connectivity index (χ4n) is 4.45. The number of nitrogens with zero attached hydrogens (tertiary/aromatic N) is 2. The zero-order valence-corrected chi connectivity index (χ0v) is 18.5. The highest BCUT2D eigenvalue weighted by molar-refractivity contribution is 7.09. The Morgan fingerprint density at radius 1 is 1.06 bits per heavy atom. The summed E-state index contributed by atoms with van der Waals surface area (Å²) in [6.45, 7) is 0. The molecule has 11 heteroatoms. The van der Waals surface area contributed by atoms with Crippen molar-refractivity contribution >= 4 is 52.2 Å². The Balaban J connectivity index is 1.38. The normalized spacial score (nSPS) is 22.7. The average molecular weight is 478 g/mol. The SMILES string of the molecule is O=C1CCC(N2C(=O)c3cccc(NC=C4C(=O)CC(c5nccs5)CC4=O)c3C2=O)C(=O)N1. The summed E-state index contributed by atoms with van der Waals surface area (Å²) in [4.78, 5) is 80.1. The van der Waals surface area contributed by atoms with E-state index in [-0.39, 0.29) is 65.6 Å². The Morgan fingerprint density at radius 2 is 1.82 bits per heavy atom. The van der Waals surface area contributed by atoms with Crippen molar-refractivity contribution in [1.82, 2.24) is 15.2 Å². The minimum atomic E-state index is -1.08. The summed E-state index contributed by atoms with van der Waals surface area (Å²) in [5.74, 6) is -3.38. The van der Waals surface area contributed by atoms with Crippen LogP contribution in [0.2, 0.25) is 0 Å². The standard InChI is InChI=1S/C23H18N4O6S/c28-16-8-11(21-24-6-7-34-21)9-17(29)13(16)10-25-14-3-1-2-12-19(14)23(33)27(22(12)32)15-4-5-18(30)26-20(15)31/h1-3,6-7,10-11,15,25H,4-5,8-9H2,(H,26,30,31). The molecule has 0 spiro atoms. The molecule has 1 aromatic heterocycles. The van der Waals surface area contributed by atoms with E-state index in [9.17, 15) is 28.8 Å². The maximum atomic E-state index is 13.1. The number of carbonyl (C=O) groups excluding carboxylic acids is 6. The summed E-state index contributed by atoms with van der Waals surface area (Å²) in [6, 6.07) is 3.49. The van der Waals surface area contributed by atoms with Crippen molar-refractivity contribution in [2.24, 2.45) is 0 Å². The lowest BCUT2D eigenvalue weighted by Crippen LogP contribution is -2.54. The number of anilines is 1. The van der Waals surface area contributed by atoms with E-state index in [1.807, 2.05) is 0 Å².